The van der Waals surface area contributed by atoms with Crippen molar-refractivity contribution in [1.82, 2.24) is 9.80 Å². The summed E-state index contributed by atoms with van der Waals surface area (Å²) < 4.78 is 40.2. The van der Waals surface area contributed by atoms with Crippen molar-refractivity contribution in [3.8, 4) is 0 Å². The third-order valence-electron chi connectivity index (χ3n) is 9.22. The largest absolute Gasteiger partial charge is 0.341 e. The Morgan fingerprint density at radius 2 is 1.65 bits per heavy atom. The summed E-state index contributed by atoms with van der Waals surface area (Å²) in [5, 5.41) is 1.94. The summed E-state index contributed by atoms with van der Waals surface area (Å²) in [4.78, 5) is 18.2. The maximum atomic E-state index is 14.4. The predicted octanol–water partition coefficient (Wildman–Crippen LogP) is 7.35. The Morgan fingerprint density at radius 3 is 2.40 bits per heavy atom. The van der Waals surface area contributed by atoms with Crippen LogP contribution in [0, 0.1) is 5.82 Å². The molecule has 2 heterocycles. The predicted molar refractivity (Wildman–Crippen MR) is 171 cm³/mol. The molecule has 0 aliphatic carbocycles. The number of amides is 1. The van der Waals surface area contributed by atoms with Crippen LogP contribution in [-0.2, 0) is 15.3 Å². The van der Waals surface area contributed by atoms with E-state index in [4.69, 9.17) is 23.2 Å². The molecule has 2 aliphatic heterocycles. The Kier molecular flexibility index (Phi) is 8.28. The molecule has 0 unspecified atom stereocenters. The fraction of sp³-hybridized carbons (Fsp3) is 0.324. The average molecular weight is 640 g/mol. The molecule has 1 amide bonds. The third kappa shape index (κ3) is 5.80. The molecule has 1 atom stereocenters. The Bertz CT molecular complexity index is 1800. The molecule has 0 saturated carbocycles. The van der Waals surface area contributed by atoms with Gasteiger partial charge in [0.25, 0.3) is 5.91 Å². The van der Waals surface area contributed by atoms with Crippen LogP contribution in [0.2, 0.25) is 10.0 Å². The van der Waals surface area contributed by atoms with E-state index < -0.39 is 9.84 Å². The van der Waals surface area contributed by atoms with Crippen LogP contribution in [0.25, 0.3) is 10.8 Å². The SMILES string of the molecule is CN(C[C@@H](CCN1CCC2(CC1)CS(=O)(=O)c1ccccc12)c1ccc(Cl)c(Cl)c1)C(=O)c1ccc(F)c2ccccc12. The number of carbonyl (C=O) groups excluding carboxylic acids is 1. The molecule has 2 aliphatic rings. The zero-order valence-electron chi connectivity index (χ0n) is 23.9. The van der Waals surface area contributed by atoms with E-state index in [1.165, 1.54) is 6.07 Å². The standard InChI is InChI=1S/C34H33Cl2FN2O3S/c1-38(33(40)27-11-13-31(37)26-7-3-2-6-25(26)27)21-24(23-10-12-29(35)30(36)20-23)14-17-39-18-15-34(16-19-39)22-43(41,42)32-9-5-4-8-28(32)34/h2-13,20,24H,14-19,21-22H2,1H3/t24-/m1/s1. The van der Waals surface area contributed by atoms with Crippen LogP contribution < -0.4 is 0 Å². The van der Waals surface area contributed by atoms with Gasteiger partial charge in [0.2, 0.25) is 0 Å². The molecule has 1 saturated heterocycles. The summed E-state index contributed by atoms with van der Waals surface area (Å²) in [6, 6.07) is 23.0. The average Bonchev–Trinajstić information content (AvgIpc) is 3.23. The van der Waals surface area contributed by atoms with Crippen molar-refractivity contribution in [3.63, 3.8) is 0 Å². The Morgan fingerprint density at radius 1 is 0.953 bits per heavy atom. The highest BCUT2D eigenvalue weighted by molar-refractivity contribution is 7.91. The van der Waals surface area contributed by atoms with E-state index in [9.17, 15) is 17.6 Å². The van der Waals surface area contributed by atoms with Crippen molar-refractivity contribution in [2.24, 2.45) is 0 Å². The summed E-state index contributed by atoms with van der Waals surface area (Å²) >= 11 is 12.6. The van der Waals surface area contributed by atoms with E-state index >= 15 is 0 Å². The molecule has 43 heavy (non-hydrogen) atoms. The van der Waals surface area contributed by atoms with E-state index in [1.54, 1.807) is 60.5 Å². The van der Waals surface area contributed by atoms with E-state index in [0.29, 0.717) is 37.8 Å². The molecule has 224 valence electrons. The zero-order chi connectivity index (χ0) is 30.4. The van der Waals surface area contributed by atoms with Crippen LogP contribution in [0.15, 0.2) is 83.8 Å². The number of piperidine rings is 1. The molecular formula is C34H33Cl2FN2O3S. The molecule has 0 N–H and O–H groups in total. The topological polar surface area (TPSA) is 57.7 Å². The molecule has 0 bridgehead atoms. The van der Waals surface area contributed by atoms with Crippen molar-refractivity contribution in [3.05, 3.63) is 111 Å². The van der Waals surface area contributed by atoms with E-state index in [2.05, 4.69) is 4.90 Å². The maximum absolute atomic E-state index is 14.4. The Labute approximate surface area is 262 Å². The smallest absolute Gasteiger partial charge is 0.254 e. The molecule has 0 aromatic heterocycles. The minimum absolute atomic E-state index is 0.0288. The number of rotatable bonds is 7. The van der Waals surface area contributed by atoms with Gasteiger partial charge in [0, 0.05) is 35.9 Å². The number of likely N-dealkylation sites (tertiary alicyclic amines) is 1. The number of halogens is 3. The lowest BCUT2D eigenvalue weighted by Crippen LogP contribution is -2.44. The van der Waals surface area contributed by atoms with Gasteiger partial charge in [-0.15, -0.1) is 0 Å². The number of hydrogen-bond acceptors (Lipinski definition) is 4. The highest BCUT2D eigenvalue weighted by Crippen LogP contribution is 2.46. The van der Waals surface area contributed by atoms with Crippen molar-refractivity contribution >= 4 is 49.7 Å². The van der Waals surface area contributed by atoms with Crippen LogP contribution in [0.3, 0.4) is 0 Å². The molecule has 0 radical (unpaired) electrons. The lowest BCUT2D eigenvalue weighted by molar-refractivity contribution is 0.0782. The van der Waals surface area contributed by atoms with Gasteiger partial charge in [-0.1, -0.05) is 71.7 Å². The van der Waals surface area contributed by atoms with Crippen LogP contribution >= 0.6 is 23.2 Å². The van der Waals surface area contributed by atoms with Crippen molar-refractivity contribution < 1.29 is 17.6 Å². The van der Waals surface area contributed by atoms with Gasteiger partial charge in [0.15, 0.2) is 9.84 Å². The van der Waals surface area contributed by atoms with Gasteiger partial charge < -0.3 is 9.80 Å². The highest BCUT2D eigenvalue weighted by Gasteiger charge is 2.48. The van der Waals surface area contributed by atoms with Crippen LogP contribution in [0.4, 0.5) is 4.39 Å². The number of benzene rings is 4. The zero-order valence-corrected chi connectivity index (χ0v) is 26.2. The number of likely N-dealkylation sites (N-methyl/N-ethyl adjacent to an activating group) is 1. The summed E-state index contributed by atoms with van der Waals surface area (Å²) in [5.41, 5.74) is 2.10. The second kappa shape index (κ2) is 11.8. The number of nitrogens with zero attached hydrogens (tertiary/aromatic N) is 2. The fourth-order valence-electron chi connectivity index (χ4n) is 6.85. The van der Waals surface area contributed by atoms with Crippen LogP contribution in [0.1, 0.15) is 46.7 Å². The molecule has 1 fully saturated rings. The Hall–Kier alpha value is -2.97. The van der Waals surface area contributed by atoms with E-state index in [1.807, 2.05) is 24.3 Å². The van der Waals surface area contributed by atoms with Crippen molar-refractivity contribution in [2.75, 3.05) is 39.0 Å². The van der Waals surface area contributed by atoms with Crippen LogP contribution in [0.5, 0.6) is 0 Å². The van der Waals surface area contributed by atoms with Gasteiger partial charge >= 0.3 is 0 Å². The van der Waals surface area contributed by atoms with Gasteiger partial charge in [-0.25, -0.2) is 12.8 Å². The minimum atomic E-state index is -3.26. The summed E-state index contributed by atoms with van der Waals surface area (Å²) in [5.74, 6) is -0.379. The number of sulfone groups is 1. The molecule has 4 aromatic carbocycles. The molecule has 4 aromatic rings. The Balaban J connectivity index is 1.18. The van der Waals surface area contributed by atoms with E-state index in [0.717, 1.165) is 50.0 Å². The second-order valence-electron chi connectivity index (χ2n) is 11.9. The normalized spacial score (nSPS) is 18.0. The molecular weight excluding hydrogens is 606 g/mol. The quantitative estimate of drug-likeness (QED) is 0.212. The molecule has 9 heteroatoms. The highest BCUT2D eigenvalue weighted by atomic mass is 35.5. The lowest BCUT2D eigenvalue weighted by atomic mass is 9.74. The van der Waals surface area contributed by atoms with E-state index in [-0.39, 0.29) is 28.8 Å². The van der Waals surface area contributed by atoms with Gasteiger partial charge in [-0.2, -0.15) is 0 Å². The molecule has 6 rings (SSSR count). The molecule has 1 spiro atoms. The van der Waals surface area contributed by atoms with Gasteiger partial charge in [-0.05, 0) is 85.7 Å². The van der Waals surface area contributed by atoms with Gasteiger partial charge in [0.1, 0.15) is 5.82 Å². The maximum Gasteiger partial charge on any atom is 0.254 e. The van der Waals surface area contributed by atoms with Crippen molar-refractivity contribution in [1.29, 1.82) is 0 Å². The third-order valence-corrected chi connectivity index (χ3v) is 11.9. The summed E-state index contributed by atoms with van der Waals surface area (Å²) in [6.07, 6.45) is 2.34. The fourth-order valence-corrected chi connectivity index (χ4v) is 9.39. The van der Waals surface area contributed by atoms with Gasteiger partial charge in [0.05, 0.1) is 20.7 Å². The first-order valence-corrected chi connectivity index (χ1v) is 16.9. The number of carbonyl (C=O) groups is 1. The lowest BCUT2D eigenvalue weighted by Gasteiger charge is -2.40. The first-order chi connectivity index (χ1) is 20.6. The first-order valence-electron chi connectivity index (χ1n) is 14.5. The number of fused-ring (bicyclic) bond motifs is 3. The van der Waals surface area contributed by atoms with Gasteiger partial charge in [-0.3, -0.25) is 4.79 Å². The minimum Gasteiger partial charge on any atom is -0.341 e. The second-order valence-corrected chi connectivity index (χ2v) is 14.6. The number of hydrogen-bond donors (Lipinski definition) is 0. The first kappa shape index (κ1) is 30.1. The summed E-state index contributed by atoms with van der Waals surface area (Å²) in [6.45, 7) is 2.82. The monoisotopic (exact) mass is 638 g/mol. The molecule has 5 nitrogen and oxygen atoms in total. The van der Waals surface area contributed by atoms with Crippen LogP contribution in [-0.4, -0.2) is 63.1 Å². The summed E-state index contributed by atoms with van der Waals surface area (Å²) in [7, 11) is -1.49. The van der Waals surface area contributed by atoms with Crippen molar-refractivity contribution in [2.45, 2.75) is 35.5 Å².